The zero-order chi connectivity index (χ0) is 14.9. The van der Waals surface area contributed by atoms with E-state index in [9.17, 15) is 0 Å². The summed E-state index contributed by atoms with van der Waals surface area (Å²) in [5, 5.41) is 0. The first-order chi connectivity index (χ1) is 10.2. The highest BCUT2D eigenvalue weighted by Gasteiger charge is 2.38. The van der Waals surface area contributed by atoms with Crippen LogP contribution < -0.4 is 15.2 Å². The van der Waals surface area contributed by atoms with Crippen LogP contribution in [0.1, 0.15) is 50.2 Å². The van der Waals surface area contributed by atoms with Crippen molar-refractivity contribution in [1.82, 2.24) is 0 Å². The van der Waals surface area contributed by atoms with E-state index in [0.717, 1.165) is 22.4 Å². The number of fused-ring (bicyclic) bond motifs is 1. The molecule has 1 heterocycles. The van der Waals surface area contributed by atoms with Gasteiger partial charge < -0.3 is 15.2 Å². The lowest BCUT2D eigenvalue weighted by molar-refractivity contribution is 0.168. The minimum absolute atomic E-state index is 0.0955. The van der Waals surface area contributed by atoms with Crippen molar-refractivity contribution in [2.24, 2.45) is 5.73 Å². The van der Waals surface area contributed by atoms with Crippen molar-refractivity contribution in [2.75, 3.05) is 19.8 Å². The van der Waals surface area contributed by atoms with Gasteiger partial charge in [-0.25, -0.2) is 0 Å². The lowest BCUT2D eigenvalue weighted by atomic mass is 9.67. The first-order valence-electron chi connectivity index (χ1n) is 8.03. The molecule has 0 spiro atoms. The molecule has 0 unspecified atom stereocenters. The van der Waals surface area contributed by atoms with Gasteiger partial charge in [0.05, 0.1) is 0 Å². The van der Waals surface area contributed by atoms with Gasteiger partial charge in [-0.2, -0.15) is 0 Å². The van der Waals surface area contributed by atoms with Crippen molar-refractivity contribution in [3.63, 3.8) is 0 Å². The van der Waals surface area contributed by atoms with Crippen molar-refractivity contribution in [1.29, 1.82) is 0 Å². The largest absolute Gasteiger partial charge is 0.486 e. The minimum atomic E-state index is 0.0955. The molecule has 0 saturated heterocycles. The molecule has 1 aliphatic carbocycles. The molecular weight excluding hydrogens is 330 g/mol. The Morgan fingerprint density at radius 3 is 2.57 bits per heavy atom. The Kier molecular flexibility index (Phi) is 4.46. The number of benzene rings is 1. The fraction of sp³-hybridized carbons (Fsp3) is 0.647. The molecule has 1 saturated carbocycles. The van der Waals surface area contributed by atoms with E-state index >= 15 is 0 Å². The van der Waals surface area contributed by atoms with E-state index in [1.165, 1.54) is 43.2 Å². The molecular formula is C17H24BrNO2. The molecule has 116 valence electrons. The van der Waals surface area contributed by atoms with E-state index in [1.807, 2.05) is 0 Å². The molecule has 1 aromatic rings. The summed E-state index contributed by atoms with van der Waals surface area (Å²) in [5.41, 5.74) is 9.00. The van der Waals surface area contributed by atoms with E-state index in [-0.39, 0.29) is 5.41 Å². The van der Waals surface area contributed by atoms with Crippen molar-refractivity contribution in [2.45, 2.75) is 50.9 Å². The fourth-order valence-electron chi connectivity index (χ4n) is 3.92. The van der Waals surface area contributed by atoms with E-state index in [4.69, 9.17) is 15.2 Å². The molecule has 0 amide bonds. The Labute approximate surface area is 135 Å². The van der Waals surface area contributed by atoms with E-state index < -0.39 is 0 Å². The van der Waals surface area contributed by atoms with Gasteiger partial charge in [-0.05, 0) is 30.9 Å². The Balaban J connectivity index is 2.16. The van der Waals surface area contributed by atoms with Gasteiger partial charge in [-0.1, -0.05) is 42.1 Å². The lowest BCUT2D eigenvalue weighted by Crippen LogP contribution is -2.38. The highest BCUT2D eigenvalue weighted by Crippen LogP contribution is 2.49. The van der Waals surface area contributed by atoms with Crippen LogP contribution in [0.15, 0.2) is 10.5 Å². The minimum Gasteiger partial charge on any atom is -0.486 e. The predicted molar refractivity (Wildman–Crippen MR) is 88.3 cm³/mol. The van der Waals surface area contributed by atoms with Crippen molar-refractivity contribution < 1.29 is 9.47 Å². The molecule has 0 bridgehead atoms. The molecule has 0 atom stereocenters. The molecule has 21 heavy (non-hydrogen) atoms. The molecule has 0 radical (unpaired) electrons. The highest BCUT2D eigenvalue weighted by molar-refractivity contribution is 9.10. The van der Waals surface area contributed by atoms with Gasteiger partial charge in [0.25, 0.3) is 0 Å². The number of halogens is 1. The lowest BCUT2D eigenvalue weighted by Gasteiger charge is -2.40. The molecule has 4 heteroatoms. The predicted octanol–water partition coefficient (Wildman–Crippen LogP) is 3.94. The zero-order valence-electron chi connectivity index (χ0n) is 12.7. The van der Waals surface area contributed by atoms with Crippen LogP contribution in [0, 0.1) is 0 Å². The van der Waals surface area contributed by atoms with Gasteiger partial charge in [0.15, 0.2) is 11.5 Å². The van der Waals surface area contributed by atoms with Gasteiger partial charge in [-0.15, -0.1) is 0 Å². The van der Waals surface area contributed by atoms with Crippen molar-refractivity contribution >= 4 is 15.9 Å². The SMILES string of the molecule is CCc1c2c(cc(Br)c1C1(CN)CCCCC1)OCCO2. The maximum absolute atomic E-state index is 6.25. The van der Waals surface area contributed by atoms with Crippen LogP contribution in [0.3, 0.4) is 0 Å². The summed E-state index contributed by atoms with van der Waals surface area (Å²) in [7, 11) is 0. The molecule has 2 aliphatic rings. The summed E-state index contributed by atoms with van der Waals surface area (Å²) in [6.45, 7) is 4.16. The number of hydrogen-bond donors (Lipinski definition) is 1. The normalized spacial score (nSPS) is 20.3. The highest BCUT2D eigenvalue weighted by atomic mass is 79.9. The number of nitrogens with two attached hydrogens (primary N) is 1. The Morgan fingerprint density at radius 1 is 1.19 bits per heavy atom. The number of ether oxygens (including phenoxy) is 2. The average molecular weight is 354 g/mol. The van der Waals surface area contributed by atoms with E-state index in [0.29, 0.717) is 19.8 Å². The van der Waals surface area contributed by atoms with Gasteiger partial charge >= 0.3 is 0 Å². The number of rotatable bonds is 3. The quantitative estimate of drug-likeness (QED) is 0.894. The third-order valence-corrected chi connectivity index (χ3v) is 5.59. The van der Waals surface area contributed by atoms with Crippen LogP contribution in [0.2, 0.25) is 0 Å². The van der Waals surface area contributed by atoms with Crippen LogP contribution in [-0.2, 0) is 11.8 Å². The third-order valence-electron chi connectivity index (χ3n) is 4.97. The summed E-state index contributed by atoms with van der Waals surface area (Å²) in [4.78, 5) is 0. The van der Waals surface area contributed by atoms with Crippen LogP contribution in [-0.4, -0.2) is 19.8 Å². The third kappa shape index (κ3) is 2.57. The molecule has 3 rings (SSSR count). The second-order valence-corrected chi connectivity index (χ2v) is 6.99. The molecule has 3 nitrogen and oxygen atoms in total. The Bertz CT molecular complexity index is 524. The van der Waals surface area contributed by atoms with Crippen LogP contribution in [0.5, 0.6) is 11.5 Å². The van der Waals surface area contributed by atoms with Gasteiger partial charge in [-0.3, -0.25) is 0 Å². The summed E-state index contributed by atoms with van der Waals surface area (Å²) in [6, 6.07) is 2.08. The summed E-state index contributed by atoms with van der Waals surface area (Å²) in [6.07, 6.45) is 7.15. The van der Waals surface area contributed by atoms with Crippen molar-refractivity contribution in [3.8, 4) is 11.5 Å². The summed E-state index contributed by atoms with van der Waals surface area (Å²) in [5.74, 6) is 1.82. The molecule has 0 aromatic heterocycles. The van der Waals surface area contributed by atoms with Gasteiger partial charge in [0, 0.05) is 22.0 Å². The fourth-order valence-corrected chi connectivity index (χ4v) is 4.78. The first kappa shape index (κ1) is 15.2. The maximum Gasteiger partial charge on any atom is 0.164 e. The molecule has 1 fully saturated rings. The monoisotopic (exact) mass is 353 g/mol. The van der Waals surface area contributed by atoms with Gasteiger partial charge in [0.2, 0.25) is 0 Å². The smallest absolute Gasteiger partial charge is 0.164 e. The average Bonchev–Trinajstić information content (AvgIpc) is 2.54. The van der Waals surface area contributed by atoms with Crippen molar-refractivity contribution in [3.05, 3.63) is 21.7 Å². The molecule has 2 N–H and O–H groups in total. The summed E-state index contributed by atoms with van der Waals surface area (Å²) >= 11 is 3.79. The second kappa shape index (κ2) is 6.17. The van der Waals surface area contributed by atoms with E-state index in [2.05, 4.69) is 28.9 Å². The Morgan fingerprint density at radius 2 is 1.90 bits per heavy atom. The Hall–Kier alpha value is -0.740. The maximum atomic E-state index is 6.25. The standard InChI is InChI=1S/C17H24BrNO2/c1-2-12-15(17(11-19)6-4-3-5-7-17)13(18)10-14-16(12)21-9-8-20-14/h10H,2-9,11,19H2,1H3. The first-order valence-corrected chi connectivity index (χ1v) is 8.82. The molecule has 1 aromatic carbocycles. The van der Waals surface area contributed by atoms with Crippen LogP contribution >= 0.6 is 15.9 Å². The van der Waals surface area contributed by atoms with Crippen LogP contribution in [0.4, 0.5) is 0 Å². The molecule has 1 aliphatic heterocycles. The van der Waals surface area contributed by atoms with Gasteiger partial charge in [0.1, 0.15) is 13.2 Å². The van der Waals surface area contributed by atoms with Crippen LogP contribution in [0.25, 0.3) is 0 Å². The topological polar surface area (TPSA) is 44.5 Å². The van der Waals surface area contributed by atoms with E-state index in [1.54, 1.807) is 0 Å². The zero-order valence-corrected chi connectivity index (χ0v) is 14.3. The number of hydrogen-bond acceptors (Lipinski definition) is 3. The summed E-state index contributed by atoms with van der Waals surface area (Å²) < 4.78 is 12.8. The second-order valence-electron chi connectivity index (χ2n) is 6.13.